The summed E-state index contributed by atoms with van der Waals surface area (Å²) in [5.74, 6) is 2.03. The molecule has 5 nitrogen and oxygen atoms in total. The monoisotopic (exact) mass is 412 g/mol. The Bertz CT molecular complexity index is 1030. The van der Waals surface area contributed by atoms with Gasteiger partial charge in [0.1, 0.15) is 5.75 Å². The summed E-state index contributed by atoms with van der Waals surface area (Å²) in [5.41, 5.74) is 3.20. The van der Waals surface area contributed by atoms with Gasteiger partial charge in [-0.15, -0.1) is 0 Å². The average Bonchev–Trinajstić information content (AvgIpc) is 2.70. The summed E-state index contributed by atoms with van der Waals surface area (Å²) < 4.78 is 7.56. The van der Waals surface area contributed by atoms with Gasteiger partial charge in [-0.3, -0.25) is 9.36 Å². The number of ether oxygens (including phenoxy) is 1. The smallest absolute Gasteiger partial charge is 0.262 e. The van der Waals surface area contributed by atoms with E-state index in [2.05, 4.69) is 37.9 Å². The van der Waals surface area contributed by atoms with Crippen LogP contribution >= 0.6 is 11.8 Å². The number of hydrogen-bond donors (Lipinski definition) is 1. The fraction of sp³-hybridized carbons (Fsp3) is 0.391. The lowest BCUT2D eigenvalue weighted by atomic mass is 9.98. The molecule has 0 unspecified atom stereocenters. The molecule has 0 aliphatic heterocycles. The molecule has 1 heterocycles. The first-order chi connectivity index (χ1) is 14.0. The molecule has 3 rings (SSSR count). The summed E-state index contributed by atoms with van der Waals surface area (Å²) in [4.78, 5) is 17.5. The van der Waals surface area contributed by atoms with E-state index in [1.165, 1.54) is 22.9 Å². The first-order valence-electron chi connectivity index (χ1n) is 9.98. The lowest BCUT2D eigenvalue weighted by Gasteiger charge is -2.14. The number of aliphatic hydroxyl groups is 1. The zero-order chi connectivity index (χ0) is 20.8. The van der Waals surface area contributed by atoms with Crippen LogP contribution in [0.2, 0.25) is 0 Å². The van der Waals surface area contributed by atoms with E-state index >= 15 is 0 Å². The number of rotatable bonds is 9. The van der Waals surface area contributed by atoms with E-state index in [9.17, 15) is 9.90 Å². The summed E-state index contributed by atoms with van der Waals surface area (Å²) >= 11 is 1.50. The van der Waals surface area contributed by atoms with Gasteiger partial charge < -0.3 is 9.84 Å². The van der Waals surface area contributed by atoms with E-state index in [4.69, 9.17) is 4.74 Å². The fourth-order valence-corrected chi connectivity index (χ4v) is 4.20. The first-order valence-corrected chi connectivity index (χ1v) is 11.0. The highest BCUT2D eigenvalue weighted by molar-refractivity contribution is 7.99. The van der Waals surface area contributed by atoms with Gasteiger partial charge in [0.25, 0.3) is 5.56 Å². The number of thioether (sulfide) groups is 1. The Labute approximate surface area is 175 Å². The lowest BCUT2D eigenvalue weighted by molar-refractivity contribution is 0.276. The zero-order valence-electron chi connectivity index (χ0n) is 17.2. The van der Waals surface area contributed by atoms with Crippen molar-refractivity contribution < 1.29 is 9.84 Å². The van der Waals surface area contributed by atoms with Crippen LogP contribution in [0.3, 0.4) is 0 Å². The van der Waals surface area contributed by atoms with E-state index in [0.29, 0.717) is 47.3 Å². The molecule has 6 heteroatoms. The maximum absolute atomic E-state index is 12.8. The highest BCUT2D eigenvalue weighted by Crippen LogP contribution is 2.24. The van der Waals surface area contributed by atoms with Crippen LogP contribution < -0.4 is 10.3 Å². The van der Waals surface area contributed by atoms with Crippen LogP contribution in [0.1, 0.15) is 37.3 Å². The zero-order valence-corrected chi connectivity index (χ0v) is 18.0. The van der Waals surface area contributed by atoms with Gasteiger partial charge in [-0.1, -0.05) is 43.8 Å². The second-order valence-corrected chi connectivity index (χ2v) is 8.38. The molecule has 0 bridgehead atoms. The van der Waals surface area contributed by atoms with Crippen LogP contribution in [-0.4, -0.2) is 33.6 Å². The number of hydrogen-bond acceptors (Lipinski definition) is 5. The van der Waals surface area contributed by atoms with Gasteiger partial charge in [0, 0.05) is 18.9 Å². The second kappa shape index (κ2) is 9.94. The van der Waals surface area contributed by atoms with E-state index < -0.39 is 0 Å². The quantitative estimate of drug-likeness (QED) is 0.321. The second-order valence-electron chi connectivity index (χ2n) is 7.32. The Morgan fingerprint density at radius 3 is 2.72 bits per heavy atom. The molecule has 0 aliphatic carbocycles. The van der Waals surface area contributed by atoms with Gasteiger partial charge in [0.2, 0.25) is 0 Å². The summed E-state index contributed by atoms with van der Waals surface area (Å²) in [6, 6.07) is 13.6. The molecule has 0 radical (unpaired) electrons. The maximum atomic E-state index is 12.8. The predicted octanol–water partition coefficient (Wildman–Crippen LogP) is 4.38. The van der Waals surface area contributed by atoms with E-state index in [0.717, 1.165) is 5.75 Å². The Kier molecular flexibility index (Phi) is 7.34. The minimum absolute atomic E-state index is 0.0399. The third kappa shape index (κ3) is 5.19. The number of aliphatic hydroxyl groups excluding tert-OH is 1. The molecule has 0 saturated carbocycles. The Hall–Kier alpha value is -2.31. The number of nitrogens with zero attached hydrogens (tertiary/aromatic N) is 2. The lowest BCUT2D eigenvalue weighted by Crippen LogP contribution is -2.24. The van der Waals surface area contributed by atoms with Gasteiger partial charge in [-0.25, -0.2) is 4.98 Å². The van der Waals surface area contributed by atoms with Crippen molar-refractivity contribution in [1.82, 2.24) is 9.55 Å². The Morgan fingerprint density at radius 2 is 2.00 bits per heavy atom. The Balaban J connectivity index is 1.70. The van der Waals surface area contributed by atoms with Crippen LogP contribution in [0.5, 0.6) is 5.75 Å². The van der Waals surface area contributed by atoms with E-state index in [1.807, 2.05) is 24.3 Å². The molecule has 0 fully saturated rings. The van der Waals surface area contributed by atoms with Crippen molar-refractivity contribution in [3.05, 3.63) is 63.9 Å². The van der Waals surface area contributed by atoms with Crippen molar-refractivity contribution in [2.24, 2.45) is 0 Å². The van der Waals surface area contributed by atoms with Crippen molar-refractivity contribution in [1.29, 1.82) is 0 Å². The maximum Gasteiger partial charge on any atom is 0.262 e. The van der Waals surface area contributed by atoms with Crippen LogP contribution in [0.4, 0.5) is 0 Å². The topological polar surface area (TPSA) is 64.3 Å². The van der Waals surface area contributed by atoms with Crippen LogP contribution in [-0.2, 0) is 6.54 Å². The molecule has 3 aromatic rings. The number of fused-ring (bicyclic) bond motifs is 1. The van der Waals surface area contributed by atoms with Crippen molar-refractivity contribution in [3.8, 4) is 5.75 Å². The minimum Gasteiger partial charge on any atom is -0.493 e. The standard InChI is InChI=1S/C23H28N2O3S/c1-16(2)19-10-9-18(15-17(19)3)28-13-14-29-23-24-21-8-5-4-7-20(21)22(27)25(23)11-6-12-26/h4-5,7-10,15-16,26H,6,11-14H2,1-3H3. The average molecular weight is 413 g/mol. The highest BCUT2D eigenvalue weighted by Gasteiger charge is 2.11. The molecule has 1 aromatic heterocycles. The molecule has 0 aliphatic rings. The van der Waals surface area contributed by atoms with Crippen LogP contribution in [0.15, 0.2) is 52.4 Å². The molecule has 29 heavy (non-hydrogen) atoms. The molecular formula is C23H28N2O3S. The van der Waals surface area contributed by atoms with Crippen LogP contribution in [0, 0.1) is 6.92 Å². The van der Waals surface area contributed by atoms with Crippen molar-refractivity contribution >= 4 is 22.7 Å². The van der Waals surface area contributed by atoms with E-state index in [1.54, 1.807) is 10.6 Å². The fourth-order valence-electron chi connectivity index (χ4n) is 3.36. The summed E-state index contributed by atoms with van der Waals surface area (Å²) in [6.07, 6.45) is 0.519. The van der Waals surface area contributed by atoms with Crippen molar-refractivity contribution in [3.63, 3.8) is 0 Å². The van der Waals surface area contributed by atoms with E-state index in [-0.39, 0.29) is 12.2 Å². The molecule has 154 valence electrons. The SMILES string of the molecule is Cc1cc(OCCSc2nc3ccccc3c(=O)n2CCCO)ccc1C(C)C. The minimum atomic E-state index is -0.0626. The van der Waals surface area contributed by atoms with Gasteiger partial charge in [0.15, 0.2) is 5.16 Å². The number of aromatic nitrogens is 2. The summed E-state index contributed by atoms with van der Waals surface area (Å²) in [6.45, 7) is 7.49. The number of para-hydroxylation sites is 1. The molecule has 0 saturated heterocycles. The van der Waals surface area contributed by atoms with Crippen LogP contribution in [0.25, 0.3) is 10.9 Å². The number of benzene rings is 2. The van der Waals surface area contributed by atoms with Crippen molar-refractivity contribution in [2.75, 3.05) is 19.0 Å². The molecule has 0 amide bonds. The summed E-state index contributed by atoms with van der Waals surface area (Å²) in [7, 11) is 0. The molecule has 2 aromatic carbocycles. The molecule has 0 atom stereocenters. The summed E-state index contributed by atoms with van der Waals surface area (Å²) in [5, 5.41) is 10.4. The van der Waals surface area contributed by atoms with Crippen molar-refractivity contribution in [2.45, 2.75) is 44.8 Å². The normalized spacial score (nSPS) is 11.3. The highest BCUT2D eigenvalue weighted by atomic mass is 32.2. The van der Waals surface area contributed by atoms with Gasteiger partial charge in [-0.2, -0.15) is 0 Å². The predicted molar refractivity (Wildman–Crippen MR) is 119 cm³/mol. The largest absolute Gasteiger partial charge is 0.493 e. The van der Waals surface area contributed by atoms with Gasteiger partial charge in [0.05, 0.1) is 17.5 Å². The molecular weight excluding hydrogens is 384 g/mol. The first kappa shape index (κ1) is 21.4. The Morgan fingerprint density at radius 1 is 1.21 bits per heavy atom. The molecule has 1 N–H and O–H groups in total. The number of aryl methyl sites for hydroxylation is 1. The van der Waals surface area contributed by atoms with Gasteiger partial charge in [-0.05, 0) is 54.7 Å². The van der Waals surface area contributed by atoms with Gasteiger partial charge >= 0.3 is 0 Å². The third-order valence-electron chi connectivity index (χ3n) is 4.81. The third-order valence-corrected chi connectivity index (χ3v) is 5.75. The molecule has 0 spiro atoms.